The van der Waals surface area contributed by atoms with Crippen LogP contribution in [-0.2, 0) is 5.41 Å². The van der Waals surface area contributed by atoms with Crippen LogP contribution in [0.2, 0.25) is 0 Å². The fourth-order valence-corrected chi connectivity index (χ4v) is 3.50. The van der Waals surface area contributed by atoms with E-state index in [2.05, 4.69) is 99.6 Å². The molecule has 0 N–H and O–H groups in total. The van der Waals surface area contributed by atoms with Crippen molar-refractivity contribution in [2.45, 2.75) is 26.2 Å². The van der Waals surface area contributed by atoms with Gasteiger partial charge in [0, 0.05) is 5.41 Å². The van der Waals surface area contributed by atoms with Gasteiger partial charge in [-0.15, -0.1) is 0 Å². The zero-order chi connectivity index (χ0) is 15.6. The highest BCUT2D eigenvalue weighted by Crippen LogP contribution is 2.41. The Labute approximate surface area is 133 Å². The quantitative estimate of drug-likeness (QED) is 0.545. The maximum Gasteiger partial charge on any atom is 0.0428 e. The van der Waals surface area contributed by atoms with E-state index in [1.165, 1.54) is 27.8 Å². The van der Waals surface area contributed by atoms with Crippen LogP contribution in [0.4, 0.5) is 0 Å². The van der Waals surface area contributed by atoms with Crippen molar-refractivity contribution in [3.63, 3.8) is 0 Å². The van der Waals surface area contributed by atoms with Gasteiger partial charge in [-0.3, -0.25) is 0 Å². The number of rotatable bonds is 3. The minimum atomic E-state index is -0.141. The first-order valence-corrected chi connectivity index (χ1v) is 7.82. The Morgan fingerprint density at radius 2 is 0.955 bits per heavy atom. The zero-order valence-corrected chi connectivity index (χ0v) is 13.5. The molecule has 0 spiro atoms. The molecule has 0 unspecified atom stereocenters. The van der Waals surface area contributed by atoms with Crippen molar-refractivity contribution in [2.24, 2.45) is 0 Å². The maximum absolute atomic E-state index is 2.34. The first-order chi connectivity index (χ1) is 10.6. The number of hydrogen-bond donors (Lipinski definition) is 0. The van der Waals surface area contributed by atoms with Gasteiger partial charge in [0.05, 0.1) is 0 Å². The lowest BCUT2D eigenvalue weighted by Gasteiger charge is -2.34. The third-order valence-corrected chi connectivity index (χ3v) is 4.72. The van der Waals surface area contributed by atoms with Gasteiger partial charge >= 0.3 is 0 Å². The fourth-order valence-electron chi connectivity index (χ4n) is 3.50. The van der Waals surface area contributed by atoms with Crippen LogP contribution >= 0.6 is 0 Å². The highest BCUT2D eigenvalue weighted by atomic mass is 14.3. The molecule has 3 aromatic carbocycles. The van der Waals surface area contributed by atoms with E-state index in [-0.39, 0.29) is 5.41 Å². The van der Waals surface area contributed by atoms with Crippen LogP contribution in [0.15, 0.2) is 78.9 Å². The standard InChI is InChI=1S/C22H22/c1-17-11-7-9-15-20(17)22(3,19-13-5-4-6-14-19)21-16-10-8-12-18(21)2/h4-16H,1-3H3. The lowest BCUT2D eigenvalue weighted by molar-refractivity contribution is 0.681. The summed E-state index contributed by atoms with van der Waals surface area (Å²) in [5, 5.41) is 0. The number of hydrogen-bond acceptors (Lipinski definition) is 0. The minimum Gasteiger partial charge on any atom is -0.0622 e. The molecule has 0 atom stereocenters. The second-order valence-corrected chi connectivity index (χ2v) is 6.12. The van der Waals surface area contributed by atoms with Crippen molar-refractivity contribution in [3.8, 4) is 0 Å². The molecule has 22 heavy (non-hydrogen) atoms. The molecule has 0 radical (unpaired) electrons. The summed E-state index contributed by atoms with van der Waals surface area (Å²) in [6, 6.07) is 28.2. The normalized spacial score (nSPS) is 11.4. The topological polar surface area (TPSA) is 0 Å². The first kappa shape index (κ1) is 14.6. The number of aryl methyl sites for hydroxylation is 2. The molecule has 0 saturated heterocycles. The van der Waals surface area contributed by atoms with Gasteiger partial charge in [0.2, 0.25) is 0 Å². The first-order valence-electron chi connectivity index (χ1n) is 7.82. The Morgan fingerprint density at radius 1 is 0.545 bits per heavy atom. The molecule has 0 aliphatic heterocycles. The molecular weight excluding hydrogens is 264 g/mol. The van der Waals surface area contributed by atoms with Crippen LogP contribution < -0.4 is 0 Å². The second-order valence-electron chi connectivity index (χ2n) is 6.12. The van der Waals surface area contributed by atoms with E-state index in [4.69, 9.17) is 0 Å². The summed E-state index contributed by atoms with van der Waals surface area (Å²) in [5.74, 6) is 0. The summed E-state index contributed by atoms with van der Waals surface area (Å²) in [5.41, 5.74) is 6.59. The predicted molar refractivity (Wildman–Crippen MR) is 94.4 cm³/mol. The van der Waals surface area contributed by atoms with Gasteiger partial charge in [-0.25, -0.2) is 0 Å². The minimum absolute atomic E-state index is 0.141. The Balaban J connectivity index is 2.33. The van der Waals surface area contributed by atoms with Gasteiger partial charge in [-0.1, -0.05) is 78.9 Å². The van der Waals surface area contributed by atoms with Crippen molar-refractivity contribution in [2.75, 3.05) is 0 Å². The largest absolute Gasteiger partial charge is 0.0622 e. The molecular formula is C22H22. The monoisotopic (exact) mass is 286 g/mol. The van der Waals surface area contributed by atoms with E-state index in [1.807, 2.05) is 0 Å². The molecule has 0 amide bonds. The van der Waals surface area contributed by atoms with Gasteiger partial charge in [0.15, 0.2) is 0 Å². The van der Waals surface area contributed by atoms with E-state index in [0.29, 0.717) is 0 Å². The smallest absolute Gasteiger partial charge is 0.0428 e. The van der Waals surface area contributed by atoms with E-state index in [1.54, 1.807) is 0 Å². The highest BCUT2D eigenvalue weighted by molar-refractivity contribution is 5.53. The van der Waals surface area contributed by atoms with E-state index in [9.17, 15) is 0 Å². The van der Waals surface area contributed by atoms with Crippen LogP contribution in [0.25, 0.3) is 0 Å². The summed E-state index contributed by atoms with van der Waals surface area (Å²) in [4.78, 5) is 0. The van der Waals surface area contributed by atoms with E-state index in [0.717, 1.165) is 0 Å². The predicted octanol–water partition coefficient (Wildman–Crippen LogP) is 5.66. The van der Waals surface area contributed by atoms with Crippen LogP contribution in [-0.4, -0.2) is 0 Å². The Kier molecular flexibility index (Phi) is 3.85. The summed E-state index contributed by atoms with van der Waals surface area (Å²) < 4.78 is 0. The molecule has 3 aromatic rings. The zero-order valence-electron chi connectivity index (χ0n) is 13.5. The van der Waals surface area contributed by atoms with Crippen LogP contribution in [0, 0.1) is 13.8 Å². The number of benzene rings is 3. The highest BCUT2D eigenvalue weighted by Gasteiger charge is 2.33. The van der Waals surface area contributed by atoms with E-state index >= 15 is 0 Å². The average Bonchev–Trinajstić information content (AvgIpc) is 2.56. The van der Waals surface area contributed by atoms with E-state index < -0.39 is 0 Å². The second kappa shape index (κ2) is 5.81. The molecule has 0 nitrogen and oxygen atoms in total. The fraction of sp³-hybridized carbons (Fsp3) is 0.182. The lowest BCUT2D eigenvalue weighted by Crippen LogP contribution is -2.27. The summed E-state index contributed by atoms with van der Waals surface area (Å²) in [6.07, 6.45) is 0. The van der Waals surface area contributed by atoms with Gasteiger partial charge in [0.1, 0.15) is 0 Å². The summed E-state index contributed by atoms with van der Waals surface area (Å²) in [6.45, 7) is 6.75. The Hall–Kier alpha value is -2.34. The van der Waals surface area contributed by atoms with Crippen molar-refractivity contribution >= 4 is 0 Å². The Morgan fingerprint density at radius 3 is 1.41 bits per heavy atom. The van der Waals surface area contributed by atoms with Gasteiger partial charge in [-0.05, 0) is 48.6 Å². The van der Waals surface area contributed by atoms with Gasteiger partial charge in [0.25, 0.3) is 0 Å². The SMILES string of the molecule is Cc1ccccc1C(C)(c1ccccc1)c1ccccc1C. The molecule has 0 fully saturated rings. The van der Waals surface area contributed by atoms with Crippen LogP contribution in [0.1, 0.15) is 34.7 Å². The third-order valence-electron chi connectivity index (χ3n) is 4.72. The van der Waals surface area contributed by atoms with Crippen LogP contribution in [0.3, 0.4) is 0 Å². The molecule has 3 rings (SSSR count). The molecule has 0 saturated carbocycles. The van der Waals surface area contributed by atoms with Gasteiger partial charge in [-0.2, -0.15) is 0 Å². The molecule has 0 heterocycles. The maximum atomic E-state index is 2.34. The van der Waals surface area contributed by atoms with Gasteiger partial charge < -0.3 is 0 Å². The molecule has 110 valence electrons. The van der Waals surface area contributed by atoms with Crippen molar-refractivity contribution < 1.29 is 0 Å². The third kappa shape index (κ3) is 2.35. The van der Waals surface area contributed by atoms with Crippen molar-refractivity contribution in [1.82, 2.24) is 0 Å². The molecule has 0 aliphatic carbocycles. The molecule has 0 heteroatoms. The van der Waals surface area contributed by atoms with Crippen molar-refractivity contribution in [3.05, 3.63) is 107 Å². The average molecular weight is 286 g/mol. The Bertz CT molecular complexity index is 723. The van der Waals surface area contributed by atoms with Crippen LogP contribution in [0.5, 0.6) is 0 Å². The molecule has 0 aromatic heterocycles. The summed E-state index contributed by atoms with van der Waals surface area (Å²) in [7, 11) is 0. The summed E-state index contributed by atoms with van der Waals surface area (Å²) >= 11 is 0. The lowest BCUT2D eigenvalue weighted by atomic mass is 9.68. The molecule has 0 aliphatic rings. The molecule has 0 bridgehead atoms. The van der Waals surface area contributed by atoms with Crippen molar-refractivity contribution in [1.29, 1.82) is 0 Å².